The Balaban J connectivity index is 2.11. The first-order valence-corrected chi connectivity index (χ1v) is 5.63. The second-order valence-electron chi connectivity index (χ2n) is 4.18. The summed E-state index contributed by atoms with van der Waals surface area (Å²) in [5.41, 5.74) is 2.73. The Labute approximate surface area is 105 Å². The lowest BCUT2D eigenvalue weighted by atomic mass is 10.1. The number of furan rings is 1. The van der Waals surface area contributed by atoms with E-state index in [0.717, 1.165) is 16.8 Å². The van der Waals surface area contributed by atoms with Crippen molar-refractivity contribution in [3.63, 3.8) is 0 Å². The van der Waals surface area contributed by atoms with Crippen molar-refractivity contribution in [1.29, 1.82) is 5.26 Å². The molecule has 0 saturated carbocycles. The van der Waals surface area contributed by atoms with Crippen molar-refractivity contribution >= 4 is 5.69 Å². The molecule has 1 aromatic carbocycles. The summed E-state index contributed by atoms with van der Waals surface area (Å²) >= 11 is 0. The number of aromatic hydroxyl groups is 1. The summed E-state index contributed by atoms with van der Waals surface area (Å²) in [6.07, 6.45) is 0. The van der Waals surface area contributed by atoms with Gasteiger partial charge in [0.2, 0.25) is 5.76 Å². The Hall–Kier alpha value is -2.41. The highest BCUT2D eigenvalue weighted by Crippen LogP contribution is 2.25. The topological polar surface area (TPSA) is 69.2 Å². The third kappa shape index (κ3) is 2.46. The van der Waals surface area contributed by atoms with Gasteiger partial charge >= 0.3 is 0 Å². The van der Waals surface area contributed by atoms with E-state index in [1.807, 2.05) is 26.0 Å². The molecule has 1 heterocycles. The van der Waals surface area contributed by atoms with Crippen LogP contribution in [0.15, 0.2) is 28.7 Å². The van der Waals surface area contributed by atoms with Crippen LogP contribution in [0.3, 0.4) is 0 Å². The van der Waals surface area contributed by atoms with E-state index in [1.165, 1.54) is 0 Å². The van der Waals surface area contributed by atoms with Crippen LogP contribution in [-0.2, 0) is 6.54 Å². The molecule has 0 amide bonds. The average molecular weight is 242 g/mol. The fraction of sp³-hybridized carbons (Fsp3) is 0.214. The number of rotatable bonds is 3. The first-order valence-electron chi connectivity index (χ1n) is 5.63. The Morgan fingerprint density at radius 1 is 1.28 bits per heavy atom. The van der Waals surface area contributed by atoms with Crippen LogP contribution in [-0.4, -0.2) is 5.11 Å². The minimum absolute atomic E-state index is 0.294. The van der Waals surface area contributed by atoms with Gasteiger partial charge in [-0.25, -0.2) is 0 Å². The Morgan fingerprint density at radius 3 is 2.72 bits per heavy atom. The Bertz CT molecular complexity index is 609. The monoisotopic (exact) mass is 242 g/mol. The lowest BCUT2D eigenvalue weighted by Gasteiger charge is -2.10. The largest absolute Gasteiger partial charge is 0.508 e. The minimum atomic E-state index is 0.294. The van der Waals surface area contributed by atoms with Gasteiger partial charge in [0, 0.05) is 5.69 Å². The second-order valence-corrected chi connectivity index (χ2v) is 4.18. The van der Waals surface area contributed by atoms with Crippen molar-refractivity contribution in [2.75, 3.05) is 5.32 Å². The molecule has 0 unspecified atom stereocenters. The van der Waals surface area contributed by atoms with Gasteiger partial charge in [-0.05, 0) is 49.2 Å². The Morgan fingerprint density at radius 2 is 2.06 bits per heavy atom. The van der Waals surface area contributed by atoms with Gasteiger partial charge < -0.3 is 14.8 Å². The van der Waals surface area contributed by atoms with Crippen molar-refractivity contribution in [1.82, 2.24) is 0 Å². The summed E-state index contributed by atoms with van der Waals surface area (Å²) in [5.74, 6) is 1.31. The number of nitriles is 1. The molecule has 4 nitrogen and oxygen atoms in total. The van der Waals surface area contributed by atoms with Gasteiger partial charge in [0.25, 0.3) is 0 Å². The summed E-state index contributed by atoms with van der Waals surface area (Å²) < 4.78 is 5.28. The highest BCUT2D eigenvalue weighted by molar-refractivity contribution is 5.56. The molecule has 0 aliphatic carbocycles. The lowest BCUT2D eigenvalue weighted by Crippen LogP contribution is -2.00. The van der Waals surface area contributed by atoms with Crippen LogP contribution in [0, 0.1) is 25.2 Å². The quantitative estimate of drug-likeness (QED) is 0.811. The molecular formula is C14H14N2O2. The number of phenols is 1. The van der Waals surface area contributed by atoms with E-state index in [2.05, 4.69) is 5.32 Å². The molecule has 0 bridgehead atoms. The maximum atomic E-state index is 9.56. The standard InChI is InChI=1S/C14H14N2O2/c1-9-6-14(17)10(2)5-13(9)16-8-12-4-3-11(7-15)18-12/h3-6,16-17H,8H2,1-2H3. The van der Waals surface area contributed by atoms with Crippen LogP contribution in [0.5, 0.6) is 5.75 Å². The molecule has 2 rings (SSSR count). The molecule has 0 aliphatic rings. The summed E-state index contributed by atoms with van der Waals surface area (Å²) in [6, 6.07) is 8.97. The molecule has 0 fully saturated rings. The predicted octanol–water partition coefficient (Wildman–Crippen LogP) is 3.09. The Kier molecular flexibility index (Phi) is 3.24. The van der Waals surface area contributed by atoms with E-state index in [4.69, 9.17) is 9.68 Å². The second kappa shape index (κ2) is 4.84. The molecule has 18 heavy (non-hydrogen) atoms. The highest BCUT2D eigenvalue weighted by Gasteiger charge is 2.05. The molecule has 1 aromatic heterocycles. The molecule has 2 N–H and O–H groups in total. The van der Waals surface area contributed by atoms with Gasteiger partial charge in [-0.2, -0.15) is 5.26 Å². The number of nitrogens with one attached hydrogen (secondary N) is 1. The van der Waals surface area contributed by atoms with Gasteiger partial charge in [-0.15, -0.1) is 0 Å². The van der Waals surface area contributed by atoms with E-state index >= 15 is 0 Å². The number of nitrogens with zero attached hydrogens (tertiary/aromatic N) is 1. The fourth-order valence-electron chi connectivity index (χ4n) is 1.71. The number of anilines is 1. The van der Waals surface area contributed by atoms with Crippen LogP contribution >= 0.6 is 0 Å². The van der Waals surface area contributed by atoms with Crippen LogP contribution < -0.4 is 5.32 Å². The minimum Gasteiger partial charge on any atom is -0.508 e. The van der Waals surface area contributed by atoms with E-state index in [0.29, 0.717) is 23.8 Å². The summed E-state index contributed by atoms with van der Waals surface area (Å²) in [5, 5.41) is 21.4. The SMILES string of the molecule is Cc1cc(NCc2ccc(C#N)o2)c(C)cc1O. The van der Waals surface area contributed by atoms with Gasteiger partial charge in [0.05, 0.1) is 6.54 Å². The highest BCUT2D eigenvalue weighted by atomic mass is 16.3. The van der Waals surface area contributed by atoms with Crippen LogP contribution in [0.4, 0.5) is 5.69 Å². The van der Waals surface area contributed by atoms with Crippen LogP contribution in [0.1, 0.15) is 22.6 Å². The molecule has 0 radical (unpaired) electrons. The zero-order valence-corrected chi connectivity index (χ0v) is 10.3. The summed E-state index contributed by atoms with van der Waals surface area (Å²) in [6.45, 7) is 4.28. The van der Waals surface area contributed by atoms with Crippen molar-refractivity contribution < 1.29 is 9.52 Å². The van der Waals surface area contributed by atoms with Crippen molar-refractivity contribution in [2.24, 2.45) is 0 Å². The van der Waals surface area contributed by atoms with E-state index in [9.17, 15) is 5.11 Å². The van der Waals surface area contributed by atoms with Gasteiger partial charge in [-0.3, -0.25) is 0 Å². The molecular weight excluding hydrogens is 228 g/mol. The molecule has 2 aromatic rings. The third-order valence-corrected chi connectivity index (χ3v) is 2.77. The zero-order valence-electron chi connectivity index (χ0n) is 10.3. The summed E-state index contributed by atoms with van der Waals surface area (Å²) in [7, 11) is 0. The predicted molar refractivity (Wildman–Crippen MR) is 68.3 cm³/mol. The first kappa shape index (κ1) is 12.1. The van der Waals surface area contributed by atoms with E-state index in [-0.39, 0.29) is 0 Å². The number of aryl methyl sites for hydroxylation is 2. The van der Waals surface area contributed by atoms with Crippen molar-refractivity contribution in [3.05, 3.63) is 46.9 Å². The molecule has 0 spiro atoms. The molecule has 92 valence electrons. The van der Waals surface area contributed by atoms with Crippen molar-refractivity contribution in [3.8, 4) is 11.8 Å². The molecule has 0 aliphatic heterocycles. The van der Waals surface area contributed by atoms with Crippen LogP contribution in [0.25, 0.3) is 0 Å². The van der Waals surface area contributed by atoms with Crippen molar-refractivity contribution in [2.45, 2.75) is 20.4 Å². The lowest BCUT2D eigenvalue weighted by molar-refractivity contribution is 0.470. The first-order chi connectivity index (χ1) is 8.60. The molecule has 4 heteroatoms. The van der Waals surface area contributed by atoms with Crippen LogP contribution in [0.2, 0.25) is 0 Å². The maximum absolute atomic E-state index is 9.56. The van der Waals surface area contributed by atoms with Gasteiger partial charge in [0.15, 0.2) is 0 Å². The number of hydrogen-bond donors (Lipinski definition) is 2. The number of phenolic OH excluding ortho intramolecular Hbond substituents is 1. The molecule has 0 atom stereocenters. The smallest absolute Gasteiger partial charge is 0.203 e. The van der Waals surface area contributed by atoms with E-state index < -0.39 is 0 Å². The molecule has 0 saturated heterocycles. The van der Waals surface area contributed by atoms with Gasteiger partial charge in [0.1, 0.15) is 17.6 Å². The zero-order chi connectivity index (χ0) is 13.1. The third-order valence-electron chi connectivity index (χ3n) is 2.77. The fourth-order valence-corrected chi connectivity index (χ4v) is 1.71. The average Bonchev–Trinajstić information content (AvgIpc) is 2.80. The van der Waals surface area contributed by atoms with Gasteiger partial charge in [-0.1, -0.05) is 0 Å². The summed E-state index contributed by atoms with van der Waals surface area (Å²) in [4.78, 5) is 0. The maximum Gasteiger partial charge on any atom is 0.203 e. The normalized spacial score (nSPS) is 10.1. The number of benzene rings is 1. The number of hydrogen-bond acceptors (Lipinski definition) is 4. The van der Waals surface area contributed by atoms with E-state index in [1.54, 1.807) is 18.2 Å².